The highest BCUT2D eigenvalue weighted by Gasteiger charge is 2.26. The summed E-state index contributed by atoms with van der Waals surface area (Å²) in [5.74, 6) is 1.11. The molecule has 0 radical (unpaired) electrons. The molecule has 0 atom stereocenters. The van der Waals surface area contributed by atoms with Crippen molar-refractivity contribution in [3.8, 4) is 33.9 Å². The molecule has 0 aliphatic rings. The summed E-state index contributed by atoms with van der Waals surface area (Å²) in [5, 5.41) is 17.3. The van der Waals surface area contributed by atoms with Crippen LogP contribution in [0.25, 0.3) is 33.3 Å². The van der Waals surface area contributed by atoms with Gasteiger partial charge in [0.1, 0.15) is 16.5 Å². The number of carbonyl (C=O) groups is 2. The van der Waals surface area contributed by atoms with Crippen molar-refractivity contribution in [3.63, 3.8) is 0 Å². The van der Waals surface area contributed by atoms with Gasteiger partial charge in [-0.2, -0.15) is 5.10 Å². The molecule has 2 aromatic heterocycles. The molecule has 5 N–H and O–H groups in total. The van der Waals surface area contributed by atoms with Crippen LogP contribution in [0.5, 0.6) is 11.5 Å². The van der Waals surface area contributed by atoms with Gasteiger partial charge >= 0.3 is 6.09 Å². The zero-order valence-electron chi connectivity index (χ0n) is 23.2. The molecule has 0 fully saturated rings. The quantitative estimate of drug-likeness (QED) is 0.112. The predicted molar refractivity (Wildman–Crippen MR) is 159 cm³/mol. The van der Waals surface area contributed by atoms with Gasteiger partial charge in [0.2, 0.25) is 0 Å². The molecule has 0 aliphatic heterocycles. The fraction of sp³-hybridized carbons (Fsp3) is 0.276. The first-order valence-electron chi connectivity index (χ1n) is 13.1. The van der Waals surface area contributed by atoms with E-state index in [1.807, 2.05) is 64.2 Å². The normalized spacial score (nSPS) is 10.9. The number of hydrogen-bond acceptors (Lipinski definition) is 7. The molecule has 0 spiro atoms. The topological polar surface area (TPSA) is 133 Å². The Morgan fingerprint density at radius 3 is 2.52 bits per heavy atom. The average molecular weight is 563 g/mol. The minimum absolute atomic E-state index is 0.00777. The van der Waals surface area contributed by atoms with Gasteiger partial charge in [-0.15, -0.1) is 0 Å². The minimum Gasteiger partial charge on any atom is -0.441 e. The van der Waals surface area contributed by atoms with Crippen LogP contribution in [-0.2, 0) is 0 Å². The zero-order chi connectivity index (χ0) is 28.8. The van der Waals surface area contributed by atoms with Crippen LogP contribution >= 0.6 is 11.8 Å². The molecule has 4 aromatic rings. The first-order valence-corrected chi connectivity index (χ1v) is 13.9. The molecular weight excluding hydrogens is 528 g/mol. The van der Waals surface area contributed by atoms with Crippen molar-refractivity contribution in [1.82, 2.24) is 31.1 Å². The maximum Gasteiger partial charge on any atom is 0.412 e. The van der Waals surface area contributed by atoms with E-state index < -0.39 is 6.09 Å². The van der Waals surface area contributed by atoms with E-state index in [1.54, 1.807) is 13.1 Å². The highest BCUT2D eigenvalue weighted by atomic mass is 32.2. The number of thioether (sulfide) groups is 1. The number of nitrogens with zero attached hydrogens (tertiary/aromatic N) is 1. The Morgan fingerprint density at radius 2 is 1.82 bits per heavy atom. The van der Waals surface area contributed by atoms with Crippen LogP contribution in [0.3, 0.4) is 0 Å². The second-order valence-electron chi connectivity index (χ2n) is 9.18. The molecule has 40 heavy (non-hydrogen) atoms. The van der Waals surface area contributed by atoms with Crippen molar-refractivity contribution in [2.45, 2.75) is 38.6 Å². The molecule has 11 heteroatoms. The summed E-state index contributed by atoms with van der Waals surface area (Å²) in [4.78, 5) is 28.1. The van der Waals surface area contributed by atoms with E-state index in [4.69, 9.17) is 9.47 Å². The standard InChI is InChI=1S/C29H34N6O4S/c1-7-31-17(5)38-24-15-23(39-28(36)32-8-2)20(16(3)4)14-21(24)26-25(27(35-34-26)40-29(37)30-6)19-10-9-11-22-18(19)12-13-33-22/h9-16,31,33H,5,7-8H2,1-4,6H3,(H,30,37)(H,32,36)(H,34,35). The fourth-order valence-corrected chi connectivity index (χ4v) is 5.01. The number of hydrogen-bond donors (Lipinski definition) is 5. The number of ether oxygens (including phenoxy) is 2. The van der Waals surface area contributed by atoms with Gasteiger partial charge in [0.05, 0.1) is 5.69 Å². The molecule has 4 rings (SSSR count). The molecule has 0 bridgehead atoms. The van der Waals surface area contributed by atoms with E-state index in [9.17, 15) is 9.59 Å². The molecular formula is C29H34N6O4S. The highest BCUT2D eigenvalue weighted by Crippen LogP contribution is 2.46. The third-order valence-electron chi connectivity index (χ3n) is 6.13. The molecule has 2 heterocycles. The maximum atomic E-state index is 12.4. The molecule has 2 aromatic carbocycles. The van der Waals surface area contributed by atoms with Crippen molar-refractivity contribution in [1.29, 1.82) is 0 Å². The van der Waals surface area contributed by atoms with Gasteiger partial charge in [-0.3, -0.25) is 9.89 Å². The Morgan fingerprint density at radius 1 is 1.05 bits per heavy atom. The second-order valence-corrected chi connectivity index (χ2v) is 10.1. The third kappa shape index (κ3) is 6.09. The number of aromatic amines is 2. The van der Waals surface area contributed by atoms with E-state index in [0.717, 1.165) is 39.4 Å². The predicted octanol–water partition coefficient (Wildman–Crippen LogP) is 6.35. The van der Waals surface area contributed by atoms with Gasteiger partial charge in [0.25, 0.3) is 5.24 Å². The van der Waals surface area contributed by atoms with Gasteiger partial charge in [-0.25, -0.2) is 4.79 Å². The van der Waals surface area contributed by atoms with E-state index in [2.05, 4.69) is 37.7 Å². The summed E-state index contributed by atoms with van der Waals surface area (Å²) in [6.07, 6.45) is 1.32. The van der Waals surface area contributed by atoms with Crippen LogP contribution in [-0.4, -0.2) is 46.7 Å². The molecule has 210 valence electrons. The van der Waals surface area contributed by atoms with Crippen molar-refractivity contribution >= 4 is 34.0 Å². The van der Waals surface area contributed by atoms with E-state index in [-0.39, 0.29) is 11.2 Å². The lowest BCUT2D eigenvalue weighted by atomic mass is 9.94. The molecule has 0 saturated heterocycles. The van der Waals surface area contributed by atoms with Gasteiger partial charge in [-0.05, 0) is 67.4 Å². The SMILES string of the molecule is C=C(NCC)Oc1cc(OC(=O)NCC)c(C(C)C)cc1-c1[nH]nc(SC(=O)NC)c1-c1cccc2[nH]ccc12. The lowest BCUT2D eigenvalue weighted by Gasteiger charge is -2.20. The van der Waals surface area contributed by atoms with Crippen LogP contribution in [0, 0.1) is 0 Å². The number of amides is 2. The van der Waals surface area contributed by atoms with Crippen LogP contribution in [0.4, 0.5) is 9.59 Å². The second kappa shape index (κ2) is 12.6. The average Bonchev–Trinajstić information content (AvgIpc) is 3.56. The molecule has 10 nitrogen and oxygen atoms in total. The molecule has 2 amide bonds. The number of nitrogens with one attached hydrogen (secondary N) is 5. The van der Waals surface area contributed by atoms with E-state index in [0.29, 0.717) is 46.8 Å². The fourth-order valence-electron chi connectivity index (χ4n) is 4.33. The van der Waals surface area contributed by atoms with Gasteiger partial charge in [-0.1, -0.05) is 26.0 Å². The van der Waals surface area contributed by atoms with Crippen molar-refractivity contribution in [2.75, 3.05) is 20.1 Å². The summed E-state index contributed by atoms with van der Waals surface area (Å²) in [6.45, 7) is 12.8. The smallest absolute Gasteiger partial charge is 0.412 e. The Kier molecular flexibility index (Phi) is 9.05. The Hall–Kier alpha value is -4.38. The minimum atomic E-state index is -0.556. The van der Waals surface area contributed by atoms with E-state index >= 15 is 0 Å². The number of fused-ring (bicyclic) bond motifs is 1. The van der Waals surface area contributed by atoms with Gasteiger partial charge in [0, 0.05) is 54.4 Å². The van der Waals surface area contributed by atoms with Crippen LogP contribution in [0.1, 0.15) is 39.2 Å². The lowest BCUT2D eigenvalue weighted by molar-refractivity contribution is 0.200. The summed E-state index contributed by atoms with van der Waals surface area (Å²) in [5.41, 5.74) is 4.69. The molecule has 0 saturated carbocycles. The van der Waals surface area contributed by atoms with Gasteiger partial charge < -0.3 is 30.4 Å². The summed E-state index contributed by atoms with van der Waals surface area (Å²) >= 11 is 0.996. The van der Waals surface area contributed by atoms with Gasteiger partial charge in [0.15, 0.2) is 5.88 Å². The number of benzene rings is 2. The Bertz CT molecular complexity index is 1540. The lowest BCUT2D eigenvalue weighted by Crippen LogP contribution is -2.26. The summed E-state index contributed by atoms with van der Waals surface area (Å²) in [6, 6.07) is 11.5. The zero-order valence-corrected chi connectivity index (χ0v) is 24.0. The Balaban J connectivity index is 1.99. The van der Waals surface area contributed by atoms with E-state index in [1.165, 1.54) is 0 Å². The van der Waals surface area contributed by atoms with Crippen molar-refractivity contribution in [2.24, 2.45) is 0 Å². The molecule has 0 unspecified atom stereocenters. The number of aromatic nitrogens is 3. The number of carbonyl (C=O) groups excluding carboxylic acids is 2. The van der Waals surface area contributed by atoms with Crippen LogP contribution < -0.4 is 25.4 Å². The van der Waals surface area contributed by atoms with Crippen molar-refractivity contribution in [3.05, 3.63) is 60.6 Å². The third-order valence-corrected chi connectivity index (χ3v) is 7.00. The first kappa shape index (κ1) is 28.6. The Labute approximate surface area is 237 Å². The summed E-state index contributed by atoms with van der Waals surface area (Å²) in [7, 11) is 1.58. The monoisotopic (exact) mass is 562 g/mol. The first-order chi connectivity index (χ1) is 19.3. The summed E-state index contributed by atoms with van der Waals surface area (Å²) < 4.78 is 11.9. The van der Waals surface area contributed by atoms with Crippen molar-refractivity contribution < 1.29 is 19.1 Å². The molecule has 0 aliphatic carbocycles. The highest BCUT2D eigenvalue weighted by molar-refractivity contribution is 8.13. The number of rotatable bonds is 10. The largest absolute Gasteiger partial charge is 0.441 e. The van der Waals surface area contributed by atoms with Crippen LogP contribution in [0.2, 0.25) is 0 Å². The maximum absolute atomic E-state index is 12.4. The number of H-pyrrole nitrogens is 2. The van der Waals surface area contributed by atoms with Crippen LogP contribution in [0.15, 0.2) is 60.1 Å².